The first-order valence-corrected chi connectivity index (χ1v) is 7.20. The SMILES string of the molecule is CC(N)c1nc(C(=O)N2CCCCC2C(N)=O)cs1. The van der Waals surface area contributed by atoms with E-state index in [9.17, 15) is 9.59 Å². The van der Waals surface area contributed by atoms with Crippen molar-refractivity contribution in [3.8, 4) is 0 Å². The maximum atomic E-state index is 12.4. The minimum absolute atomic E-state index is 0.195. The van der Waals surface area contributed by atoms with Crippen LogP contribution in [-0.4, -0.2) is 34.3 Å². The van der Waals surface area contributed by atoms with Gasteiger partial charge in [-0.25, -0.2) is 4.98 Å². The first-order valence-electron chi connectivity index (χ1n) is 6.32. The van der Waals surface area contributed by atoms with Crippen LogP contribution in [0.1, 0.15) is 47.7 Å². The molecule has 0 spiro atoms. The normalized spacial score (nSPS) is 21.2. The molecule has 7 heteroatoms. The summed E-state index contributed by atoms with van der Waals surface area (Å²) in [6.07, 6.45) is 2.44. The number of hydrogen-bond donors (Lipinski definition) is 2. The van der Waals surface area contributed by atoms with Gasteiger partial charge in [0.2, 0.25) is 5.91 Å². The van der Waals surface area contributed by atoms with Gasteiger partial charge in [0.1, 0.15) is 16.7 Å². The van der Waals surface area contributed by atoms with Crippen LogP contribution in [0.2, 0.25) is 0 Å². The molecule has 0 aromatic carbocycles. The molecule has 2 heterocycles. The lowest BCUT2D eigenvalue weighted by Gasteiger charge is -2.33. The second kappa shape index (κ2) is 5.66. The van der Waals surface area contributed by atoms with Crippen LogP contribution in [0.5, 0.6) is 0 Å². The molecule has 2 atom stereocenters. The van der Waals surface area contributed by atoms with E-state index in [1.807, 2.05) is 6.92 Å². The number of thiazole rings is 1. The van der Waals surface area contributed by atoms with Crippen LogP contribution in [0.25, 0.3) is 0 Å². The maximum absolute atomic E-state index is 12.4. The highest BCUT2D eigenvalue weighted by atomic mass is 32.1. The molecule has 2 amide bonds. The van der Waals surface area contributed by atoms with Gasteiger partial charge >= 0.3 is 0 Å². The van der Waals surface area contributed by atoms with E-state index in [2.05, 4.69) is 4.98 Å². The topological polar surface area (TPSA) is 102 Å². The molecular formula is C12H18N4O2S. The van der Waals surface area contributed by atoms with Gasteiger partial charge in [0.05, 0.1) is 6.04 Å². The highest BCUT2D eigenvalue weighted by Gasteiger charge is 2.32. The number of hydrogen-bond acceptors (Lipinski definition) is 5. The third-order valence-corrected chi connectivity index (χ3v) is 4.27. The van der Waals surface area contributed by atoms with E-state index < -0.39 is 11.9 Å². The van der Waals surface area contributed by atoms with Crippen molar-refractivity contribution in [2.75, 3.05) is 6.54 Å². The zero-order chi connectivity index (χ0) is 14.0. The van der Waals surface area contributed by atoms with Gasteiger partial charge in [-0.3, -0.25) is 9.59 Å². The van der Waals surface area contributed by atoms with Crippen molar-refractivity contribution in [1.82, 2.24) is 9.88 Å². The van der Waals surface area contributed by atoms with E-state index in [1.165, 1.54) is 16.2 Å². The molecule has 1 saturated heterocycles. The molecule has 1 aliphatic rings. The van der Waals surface area contributed by atoms with Gasteiger partial charge in [0, 0.05) is 11.9 Å². The lowest BCUT2D eigenvalue weighted by molar-refractivity contribution is -0.123. The van der Waals surface area contributed by atoms with E-state index in [0.717, 1.165) is 17.8 Å². The minimum atomic E-state index is -0.512. The highest BCUT2D eigenvalue weighted by molar-refractivity contribution is 7.09. The lowest BCUT2D eigenvalue weighted by Crippen LogP contribution is -2.50. The average Bonchev–Trinajstić information content (AvgIpc) is 2.87. The van der Waals surface area contributed by atoms with E-state index in [-0.39, 0.29) is 11.9 Å². The Hall–Kier alpha value is -1.47. The van der Waals surface area contributed by atoms with Crippen molar-refractivity contribution in [2.45, 2.75) is 38.3 Å². The number of piperidine rings is 1. The van der Waals surface area contributed by atoms with E-state index in [0.29, 0.717) is 18.7 Å². The summed E-state index contributed by atoms with van der Waals surface area (Å²) in [7, 11) is 0. The molecule has 1 aromatic rings. The Kier molecular flexibility index (Phi) is 4.16. The predicted molar refractivity (Wildman–Crippen MR) is 72.6 cm³/mol. The fraction of sp³-hybridized carbons (Fsp3) is 0.583. The second-order valence-corrected chi connectivity index (χ2v) is 5.66. The Bertz CT molecular complexity index is 486. The summed E-state index contributed by atoms with van der Waals surface area (Å²) in [5.74, 6) is -0.678. The molecule has 0 aliphatic carbocycles. The van der Waals surface area contributed by atoms with Crippen LogP contribution in [0.15, 0.2) is 5.38 Å². The number of carbonyl (C=O) groups excluding carboxylic acids is 2. The number of nitrogens with zero attached hydrogens (tertiary/aromatic N) is 2. The fourth-order valence-electron chi connectivity index (χ4n) is 2.21. The van der Waals surface area contributed by atoms with Crippen LogP contribution in [-0.2, 0) is 4.79 Å². The Labute approximate surface area is 115 Å². The Morgan fingerprint density at radius 3 is 2.84 bits per heavy atom. The van der Waals surface area contributed by atoms with Crippen LogP contribution < -0.4 is 11.5 Å². The third kappa shape index (κ3) is 2.93. The summed E-state index contributed by atoms with van der Waals surface area (Å²) in [5, 5.41) is 2.41. The summed E-state index contributed by atoms with van der Waals surface area (Å²) in [6.45, 7) is 2.37. The Morgan fingerprint density at radius 1 is 1.53 bits per heavy atom. The molecule has 2 unspecified atom stereocenters. The van der Waals surface area contributed by atoms with E-state index in [4.69, 9.17) is 11.5 Å². The summed E-state index contributed by atoms with van der Waals surface area (Å²) < 4.78 is 0. The highest BCUT2D eigenvalue weighted by Crippen LogP contribution is 2.22. The van der Waals surface area contributed by atoms with Gasteiger partial charge in [-0.1, -0.05) is 0 Å². The Morgan fingerprint density at radius 2 is 2.26 bits per heavy atom. The van der Waals surface area contributed by atoms with Gasteiger partial charge in [-0.2, -0.15) is 0 Å². The summed E-state index contributed by atoms with van der Waals surface area (Å²) in [5.41, 5.74) is 11.4. The number of rotatable bonds is 3. The zero-order valence-electron chi connectivity index (χ0n) is 10.8. The van der Waals surface area contributed by atoms with Crippen LogP contribution in [0, 0.1) is 0 Å². The molecule has 1 aliphatic heterocycles. The summed E-state index contributed by atoms with van der Waals surface area (Å²) in [6, 6.07) is -0.707. The number of amides is 2. The molecule has 1 aromatic heterocycles. The van der Waals surface area contributed by atoms with Crippen molar-refractivity contribution in [3.05, 3.63) is 16.1 Å². The first-order chi connectivity index (χ1) is 9.00. The molecule has 4 N–H and O–H groups in total. The predicted octanol–water partition coefficient (Wildman–Crippen LogP) is 0.643. The summed E-state index contributed by atoms with van der Waals surface area (Å²) in [4.78, 5) is 29.5. The van der Waals surface area contributed by atoms with Gasteiger partial charge in [0.25, 0.3) is 5.91 Å². The van der Waals surface area contributed by atoms with Crippen molar-refractivity contribution < 1.29 is 9.59 Å². The van der Waals surface area contributed by atoms with Gasteiger partial charge in [-0.15, -0.1) is 11.3 Å². The molecule has 2 rings (SSSR count). The molecule has 19 heavy (non-hydrogen) atoms. The maximum Gasteiger partial charge on any atom is 0.274 e. The minimum Gasteiger partial charge on any atom is -0.368 e. The molecular weight excluding hydrogens is 264 g/mol. The molecule has 104 valence electrons. The standard InChI is InChI=1S/C12H18N4O2S/c1-7(13)11-15-8(6-19-11)12(18)16-5-3-2-4-9(16)10(14)17/h6-7,9H,2-5,13H2,1H3,(H2,14,17). The van der Waals surface area contributed by atoms with Gasteiger partial charge in [-0.05, 0) is 26.2 Å². The number of primary amides is 1. The van der Waals surface area contributed by atoms with Crippen molar-refractivity contribution in [3.63, 3.8) is 0 Å². The van der Waals surface area contributed by atoms with Crippen molar-refractivity contribution in [1.29, 1.82) is 0 Å². The molecule has 0 radical (unpaired) electrons. The lowest BCUT2D eigenvalue weighted by atomic mass is 10.0. The molecule has 0 saturated carbocycles. The Balaban J connectivity index is 2.18. The van der Waals surface area contributed by atoms with Crippen LogP contribution in [0.3, 0.4) is 0 Å². The van der Waals surface area contributed by atoms with Crippen molar-refractivity contribution >= 4 is 23.2 Å². The first kappa shape index (κ1) is 14.0. The van der Waals surface area contributed by atoms with Crippen LogP contribution >= 0.6 is 11.3 Å². The van der Waals surface area contributed by atoms with Crippen molar-refractivity contribution in [2.24, 2.45) is 11.5 Å². The molecule has 0 bridgehead atoms. The largest absolute Gasteiger partial charge is 0.368 e. The zero-order valence-corrected chi connectivity index (χ0v) is 11.7. The molecule has 6 nitrogen and oxygen atoms in total. The number of aromatic nitrogens is 1. The fourth-order valence-corrected chi connectivity index (χ4v) is 2.96. The number of likely N-dealkylation sites (tertiary alicyclic amines) is 1. The van der Waals surface area contributed by atoms with Gasteiger partial charge < -0.3 is 16.4 Å². The summed E-state index contributed by atoms with van der Waals surface area (Å²) >= 11 is 1.36. The quantitative estimate of drug-likeness (QED) is 0.849. The average molecular weight is 282 g/mol. The third-order valence-electron chi connectivity index (χ3n) is 3.22. The number of carbonyl (C=O) groups is 2. The smallest absolute Gasteiger partial charge is 0.274 e. The van der Waals surface area contributed by atoms with Gasteiger partial charge in [0.15, 0.2) is 0 Å². The number of nitrogens with two attached hydrogens (primary N) is 2. The van der Waals surface area contributed by atoms with Crippen LogP contribution in [0.4, 0.5) is 0 Å². The molecule has 1 fully saturated rings. The monoisotopic (exact) mass is 282 g/mol. The second-order valence-electron chi connectivity index (χ2n) is 4.77. The van der Waals surface area contributed by atoms with E-state index in [1.54, 1.807) is 5.38 Å². The van der Waals surface area contributed by atoms with E-state index >= 15 is 0 Å².